The molecule has 1 N–H and O–H groups in total. The number of rotatable bonds is 10. The van der Waals surface area contributed by atoms with Gasteiger partial charge in [0, 0.05) is 0 Å². The molecule has 5 rings (SSSR count). The Bertz CT molecular complexity index is 1630. The van der Waals surface area contributed by atoms with Crippen molar-refractivity contribution in [2.45, 2.75) is 78.2 Å². The van der Waals surface area contributed by atoms with E-state index < -0.39 is 40.8 Å². The second-order valence-electron chi connectivity index (χ2n) is 13.5. The first kappa shape index (κ1) is 32.3. The van der Waals surface area contributed by atoms with Crippen LogP contribution in [0.3, 0.4) is 0 Å². The molecule has 2 fully saturated rings. The molecule has 1 saturated heterocycles. The number of alkyl halides is 3. The number of ether oxygens (including phenoxy) is 1. The first-order valence-corrected chi connectivity index (χ1v) is 23.6. The van der Waals surface area contributed by atoms with Crippen LogP contribution in [0.4, 0.5) is 19.0 Å². The molecule has 1 aliphatic carbocycles. The second kappa shape index (κ2) is 11.4. The number of benzene rings is 1. The first-order chi connectivity index (χ1) is 20.4. The molecular formula is C30H38F3GeN5O4S. The Hall–Kier alpha value is -3.07. The number of sulfonamides is 1. The fourth-order valence-corrected chi connectivity index (χ4v) is 10.5. The molecule has 1 aromatic carbocycles. The first-order valence-electron chi connectivity index (χ1n) is 14.6. The van der Waals surface area contributed by atoms with Crippen LogP contribution in [-0.4, -0.2) is 67.2 Å². The van der Waals surface area contributed by atoms with Crippen molar-refractivity contribution < 1.29 is 31.1 Å². The third kappa shape index (κ3) is 6.63. The summed E-state index contributed by atoms with van der Waals surface area (Å²) in [6, 6.07) is 12.3. The minimum atomic E-state index is -4.25. The van der Waals surface area contributed by atoms with Gasteiger partial charge in [-0.25, -0.2) is 0 Å². The van der Waals surface area contributed by atoms with Gasteiger partial charge in [-0.1, -0.05) is 0 Å². The van der Waals surface area contributed by atoms with Crippen LogP contribution in [0.15, 0.2) is 59.6 Å². The Morgan fingerprint density at radius 3 is 2.36 bits per heavy atom. The molecule has 1 amide bonds. The summed E-state index contributed by atoms with van der Waals surface area (Å²) in [6.07, 6.45) is -1.67. The second-order valence-corrected chi connectivity index (χ2v) is 26.8. The summed E-state index contributed by atoms with van der Waals surface area (Å²) in [6.45, 7) is 4.73. The number of hydrogen-bond acceptors (Lipinski definition) is 7. The summed E-state index contributed by atoms with van der Waals surface area (Å²) < 4.78 is 75.5. The quantitative estimate of drug-likeness (QED) is 0.252. The van der Waals surface area contributed by atoms with E-state index in [1.165, 1.54) is 22.9 Å². The zero-order valence-corrected chi connectivity index (χ0v) is 28.4. The van der Waals surface area contributed by atoms with Crippen LogP contribution in [-0.2, 0) is 10.0 Å². The van der Waals surface area contributed by atoms with E-state index in [0.29, 0.717) is 22.9 Å². The van der Waals surface area contributed by atoms with Crippen molar-refractivity contribution in [2.24, 2.45) is 5.41 Å². The van der Waals surface area contributed by atoms with Crippen molar-refractivity contribution in [1.82, 2.24) is 19.5 Å². The molecule has 1 saturated carbocycles. The molecule has 1 atom stereocenters. The van der Waals surface area contributed by atoms with Gasteiger partial charge in [-0.15, -0.1) is 0 Å². The molecule has 44 heavy (non-hydrogen) atoms. The number of carbonyl (C=O) groups is 1. The van der Waals surface area contributed by atoms with Crippen LogP contribution in [0, 0.1) is 5.41 Å². The van der Waals surface area contributed by atoms with E-state index in [4.69, 9.17) is 9.72 Å². The van der Waals surface area contributed by atoms with Gasteiger partial charge in [0.1, 0.15) is 0 Å². The van der Waals surface area contributed by atoms with E-state index in [2.05, 4.69) is 45.8 Å². The zero-order chi connectivity index (χ0) is 32.1. The molecule has 0 radical (unpaired) electrons. The third-order valence-corrected chi connectivity index (χ3v) is 16.1. The SMILES string of the molecule is CC1(C)C[CH]([Ge]([CH3])([CH3])[CH3])CN1c1nc(-n2ccc(OCCC3(C(F)(F)F)CC3)n2)ccc1C(=O)NS(=O)(=O)c1ccccc1. The monoisotopic (exact) mass is 695 g/mol. The van der Waals surface area contributed by atoms with Crippen molar-refractivity contribution >= 4 is 35.0 Å². The van der Waals surface area contributed by atoms with E-state index >= 15 is 0 Å². The predicted molar refractivity (Wildman–Crippen MR) is 163 cm³/mol. The van der Waals surface area contributed by atoms with Gasteiger partial charge < -0.3 is 0 Å². The predicted octanol–water partition coefficient (Wildman–Crippen LogP) is 6.19. The van der Waals surface area contributed by atoms with Crippen LogP contribution < -0.4 is 14.4 Å². The van der Waals surface area contributed by atoms with E-state index in [1.807, 2.05) is 0 Å². The van der Waals surface area contributed by atoms with Gasteiger partial charge in [0.25, 0.3) is 0 Å². The summed E-state index contributed by atoms with van der Waals surface area (Å²) in [7, 11) is -4.14. The Balaban J connectivity index is 1.44. The number of pyridine rings is 1. The van der Waals surface area contributed by atoms with Crippen molar-refractivity contribution in [2.75, 3.05) is 18.1 Å². The minimum absolute atomic E-state index is 0.0335. The number of nitrogens with zero attached hydrogens (tertiary/aromatic N) is 4. The summed E-state index contributed by atoms with van der Waals surface area (Å²) in [5.41, 5.74) is -1.92. The van der Waals surface area contributed by atoms with Gasteiger partial charge in [-0.3, -0.25) is 0 Å². The fourth-order valence-electron chi connectivity index (χ4n) is 5.67. The van der Waals surface area contributed by atoms with Crippen LogP contribution in [0.1, 0.15) is 49.9 Å². The van der Waals surface area contributed by atoms with Crippen LogP contribution in [0.25, 0.3) is 5.82 Å². The Morgan fingerprint density at radius 1 is 1.09 bits per heavy atom. The van der Waals surface area contributed by atoms with Gasteiger partial charge >= 0.3 is 228 Å². The molecule has 238 valence electrons. The molecular weight excluding hydrogens is 656 g/mol. The zero-order valence-electron chi connectivity index (χ0n) is 25.5. The van der Waals surface area contributed by atoms with Crippen molar-refractivity contribution in [3.05, 3.63) is 60.3 Å². The van der Waals surface area contributed by atoms with Crippen molar-refractivity contribution in [3.63, 3.8) is 0 Å². The fraction of sp³-hybridized carbons (Fsp3) is 0.500. The number of anilines is 1. The molecule has 1 aliphatic heterocycles. The van der Waals surface area contributed by atoms with Crippen LogP contribution in [0.5, 0.6) is 5.88 Å². The molecule has 2 aromatic heterocycles. The van der Waals surface area contributed by atoms with Gasteiger partial charge in [0.15, 0.2) is 0 Å². The van der Waals surface area contributed by atoms with E-state index in [1.54, 1.807) is 36.5 Å². The molecule has 14 heteroatoms. The van der Waals surface area contributed by atoms with Crippen LogP contribution >= 0.6 is 0 Å². The Labute approximate surface area is 258 Å². The number of hydrogen-bond donors (Lipinski definition) is 1. The number of nitrogens with one attached hydrogen (secondary N) is 1. The molecule has 3 heterocycles. The summed E-state index contributed by atoms with van der Waals surface area (Å²) in [5.74, 6) is 7.08. The maximum absolute atomic E-state index is 13.6. The van der Waals surface area contributed by atoms with Gasteiger partial charge in [0.2, 0.25) is 0 Å². The van der Waals surface area contributed by atoms with Gasteiger partial charge in [-0.2, -0.15) is 13.2 Å². The molecule has 9 nitrogen and oxygen atoms in total. The van der Waals surface area contributed by atoms with E-state index in [-0.39, 0.29) is 47.7 Å². The van der Waals surface area contributed by atoms with E-state index in [9.17, 15) is 26.4 Å². The summed E-state index contributed by atoms with van der Waals surface area (Å²) in [5, 5.41) is 4.36. The van der Waals surface area contributed by atoms with E-state index in [0.717, 1.165) is 6.42 Å². The average molecular weight is 694 g/mol. The maximum atomic E-state index is 13.6. The summed E-state index contributed by atoms with van der Waals surface area (Å²) in [4.78, 5) is 20.4. The van der Waals surface area contributed by atoms with Crippen molar-refractivity contribution in [1.29, 1.82) is 0 Å². The molecule has 2 aliphatic rings. The Kier molecular flexibility index (Phi) is 8.36. The standard InChI is InChI=1S/C30H38F3GeN5O4S/c1-28(2)19-21(34(3,4)5)20-38(28)26-23(27(40)37-44(41,42)22-9-7-6-8-10-22)11-12-24(35-26)39-17-13-25(36-39)43-18-16-29(14-15-29)30(31,32)33/h6-13,17,21H,14-16,18-20H2,1-5H3,(H,37,40). The average Bonchev–Trinajstić information content (AvgIpc) is 3.46. The molecule has 1 unspecified atom stereocenters. The number of amides is 1. The summed E-state index contributed by atoms with van der Waals surface area (Å²) >= 11 is -2.14. The molecule has 0 spiro atoms. The van der Waals surface area contributed by atoms with Gasteiger partial charge in [0.05, 0.1) is 5.41 Å². The molecule has 3 aromatic rings. The topological polar surface area (TPSA) is 106 Å². The number of halogens is 3. The molecule has 0 bridgehead atoms. The third-order valence-electron chi connectivity index (χ3n) is 8.83. The Morgan fingerprint density at radius 2 is 1.77 bits per heavy atom. The number of aromatic nitrogens is 3. The normalized spacial score (nSPS) is 19.5. The van der Waals surface area contributed by atoms with Crippen LogP contribution in [0.2, 0.25) is 22.0 Å². The number of carbonyl (C=O) groups excluding carboxylic acids is 1. The van der Waals surface area contributed by atoms with Crippen molar-refractivity contribution in [3.8, 4) is 11.7 Å². The van der Waals surface area contributed by atoms with Gasteiger partial charge in [-0.05, 0) is 12.8 Å².